The summed E-state index contributed by atoms with van der Waals surface area (Å²) >= 11 is 0. The zero-order valence-corrected chi connectivity index (χ0v) is 9.73. The number of terminal acetylenes is 1. The lowest BCUT2D eigenvalue weighted by Crippen LogP contribution is -2.28. The van der Waals surface area contributed by atoms with E-state index in [2.05, 4.69) is 5.92 Å². The Labute approximate surface area is 96.0 Å². The van der Waals surface area contributed by atoms with Gasteiger partial charge in [0, 0.05) is 14.0 Å². The van der Waals surface area contributed by atoms with Crippen molar-refractivity contribution in [2.24, 2.45) is 0 Å². The van der Waals surface area contributed by atoms with Gasteiger partial charge in [-0.1, -0.05) is 18.1 Å². The molecule has 0 spiro atoms. The highest BCUT2D eigenvalue weighted by molar-refractivity contribution is 5.74. The number of amides is 1. The Hall–Kier alpha value is -1.95. The molecule has 1 amide bonds. The van der Waals surface area contributed by atoms with E-state index in [0.29, 0.717) is 0 Å². The fourth-order valence-corrected chi connectivity index (χ4v) is 1.40. The van der Waals surface area contributed by atoms with Crippen molar-refractivity contribution in [2.45, 2.75) is 13.0 Å². The van der Waals surface area contributed by atoms with Crippen molar-refractivity contribution < 1.29 is 9.53 Å². The first-order valence-electron chi connectivity index (χ1n) is 4.93. The van der Waals surface area contributed by atoms with Crippen molar-refractivity contribution >= 4 is 5.91 Å². The Bertz CT molecular complexity index is 403. The van der Waals surface area contributed by atoms with Gasteiger partial charge in [0.2, 0.25) is 5.91 Å². The zero-order chi connectivity index (χ0) is 12.1. The average Bonchev–Trinajstić information content (AvgIpc) is 2.30. The van der Waals surface area contributed by atoms with Crippen molar-refractivity contribution in [1.82, 2.24) is 4.90 Å². The predicted octanol–water partition coefficient (Wildman–Crippen LogP) is 1.85. The minimum atomic E-state index is -0.330. The standard InChI is InChI=1S/C13H15NO2/c1-5-13(14(3)10(2)15)11-6-8-12(16-4)9-7-11/h1,6-9,13H,2-4H3. The minimum Gasteiger partial charge on any atom is -0.497 e. The normalized spacial score (nSPS) is 11.4. The highest BCUT2D eigenvalue weighted by Crippen LogP contribution is 2.21. The Kier molecular flexibility index (Phi) is 3.96. The number of carbonyl (C=O) groups excluding carboxylic acids is 1. The van der Waals surface area contributed by atoms with E-state index in [1.165, 1.54) is 11.8 Å². The molecule has 1 atom stereocenters. The van der Waals surface area contributed by atoms with E-state index in [1.807, 2.05) is 24.3 Å². The fraction of sp³-hybridized carbons (Fsp3) is 0.308. The summed E-state index contributed by atoms with van der Waals surface area (Å²) in [5.41, 5.74) is 0.904. The van der Waals surface area contributed by atoms with E-state index < -0.39 is 0 Å². The Morgan fingerprint density at radius 1 is 1.44 bits per heavy atom. The number of benzene rings is 1. The number of methoxy groups -OCH3 is 1. The number of carbonyl (C=O) groups is 1. The van der Waals surface area contributed by atoms with E-state index in [4.69, 9.17) is 11.2 Å². The maximum atomic E-state index is 11.2. The summed E-state index contributed by atoms with van der Waals surface area (Å²) in [5.74, 6) is 3.31. The monoisotopic (exact) mass is 217 g/mol. The van der Waals surface area contributed by atoms with Crippen LogP contribution in [0.15, 0.2) is 24.3 Å². The molecule has 0 N–H and O–H groups in total. The number of rotatable bonds is 3. The van der Waals surface area contributed by atoms with Crippen LogP contribution < -0.4 is 4.74 Å². The molecule has 0 bridgehead atoms. The molecule has 16 heavy (non-hydrogen) atoms. The first kappa shape index (κ1) is 12.1. The number of hydrogen-bond donors (Lipinski definition) is 0. The molecule has 1 rings (SSSR count). The molecule has 0 saturated heterocycles. The minimum absolute atomic E-state index is 0.0567. The molecule has 0 heterocycles. The summed E-state index contributed by atoms with van der Waals surface area (Å²) in [6, 6.07) is 7.05. The second-order valence-electron chi connectivity index (χ2n) is 3.47. The molecular weight excluding hydrogens is 202 g/mol. The van der Waals surface area contributed by atoms with Gasteiger partial charge in [-0.3, -0.25) is 4.79 Å². The van der Waals surface area contributed by atoms with Crippen molar-refractivity contribution in [3.63, 3.8) is 0 Å². The van der Waals surface area contributed by atoms with Crippen LogP contribution in [0.25, 0.3) is 0 Å². The third kappa shape index (κ3) is 2.54. The van der Waals surface area contributed by atoms with Crippen LogP contribution in [-0.2, 0) is 4.79 Å². The number of ether oxygens (including phenoxy) is 1. The Morgan fingerprint density at radius 3 is 2.38 bits per heavy atom. The molecule has 0 fully saturated rings. The van der Waals surface area contributed by atoms with Crippen molar-refractivity contribution in [1.29, 1.82) is 0 Å². The third-order valence-electron chi connectivity index (χ3n) is 2.47. The van der Waals surface area contributed by atoms with E-state index in [1.54, 1.807) is 14.2 Å². The molecular formula is C13H15NO2. The van der Waals surface area contributed by atoms with Gasteiger partial charge in [0.25, 0.3) is 0 Å². The first-order valence-corrected chi connectivity index (χ1v) is 4.93. The summed E-state index contributed by atoms with van der Waals surface area (Å²) in [7, 11) is 3.30. The van der Waals surface area contributed by atoms with Crippen LogP contribution in [0.4, 0.5) is 0 Å². The lowest BCUT2D eigenvalue weighted by molar-refractivity contribution is -0.128. The second kappa shape index (κ2) is 5.22. The van der Waals surface area contributed by atoms with Crippen molar-refractivity contribution in [2.75, 3.05) is 14.2 Å². The fourth-order valence-electron chi connectivity index (χ4n) is 1.40. The summed E-state index contributed by atoms with van der Waals surface area (Å²) in [4.78, 5) is 12.8. The molecule has 3 nitrogen and oxygen atoms in total. The van der Waals surface area contributed by atoms with Crippen molar-refractivity contribution in [3.05, 3.63) is 29.8 Å². The molecule has 84 valence electrons. The van der Waals surface area contributed by atoms with Gasteiger partial charge in [0.05, 0.1) is 7.11 Å². The molecule has 0 aliphatic heterocycles. The average molecular weight is 217 g/mol. The lowest BCUT2D eigenvalue weighted by Gasteiger charge is -2.23. The van der Waals surface area contributed by atoms with E-state index in [-0.39, 0.29) is 11.9 Å². The predicted molar refractivity (Wildman–Crippen MR) is 63.0 cm³/mol. The van der Waals surface area contributed by atoms with Gasteiger partial charge in [-0.25, -0.2) is 0 Å². The van der Waals surface area contributed by atoms with Gasteiger partial charge in [-0.05, 0) is 17.7 Å². The SMILES string of the molecule is C#CC(c1ccc(OC)cc1)N(C)C(C)=O. The van der Waals surface area contributed by atoms with Crippen LogP contribution in [0, 0.1) is 12.3 Å². The van der Waals surface area contributed by atoms with Crippen LogP contribution in [0.5, 0.6) is 5.75 Å². The summed E-state index contributed by atoms with van der Waals surface area (Å²) in [5, 5.41) is 0. The Balaban J connectivity index is 2.96. The summed E-state index contributed by atoms with van der Waals surface area (Å²) in [6.45, 7) is 1.49. The van der Waals surface area contributed by atoms with E-state index >= 15 is 0 Å². The lowest BCUT2D eigenvalue weighted by atomic mass is 10.1. The highest BCUT2D eigenvalue weighted by atomic mass is 16.5. The smallest absolute Gasteiger partial charge is 0.220 e. The number of hydrogen-bond acceptors (Lipinski definition) is 2. The molecule has 1 unspecified atom stereocenters. The molecule has 0 aliphatic rings. The van der Waals surface area contributed by atoms with E-state index in [0.717, 1.165) is 11.3 Å². The topological polar surface area (TPSA) is 29.5 Å². The van der Waals surface area contributed by atoms with Gasteiger partial charge in [-0.15, -0.1) is 6.42 Å². The van der Waals surface area contributed by atoms with E-state index in [9.17, 15) is 4.79 Å². The molecule has 0 aliphatic carbocycles. The largest absolute Gasteiger partial charge is 0.497 e. The molecule has 0 radical (unpaired) electrons. The van der Waals surface area contributed by atoms with Gasteiger partial charge in [0.15, 0.2) is 0 Å². The third-order valence-corrected chi connectivity index (χ3v) is 2.47. The van der Waals surface area contributed by atoms with Crippen LogP contribution in [0.2, 0.25) is 0 Å². The maximum Gasteiger partial charge on any atom is 0.220 e. The van der Waals surface area contributed by atoms with Gasteiger partial charge in [-0.2, -0.15) is 0 Å². The van der Waals surface area contributed by atoms with Crippen LogP contribution in [0.1, 0.15) is 18.5 Å². The maximum absolute atomic E-state index is 11.2. The number of nitrogens with zero attached hydrogens (tertiary/aromatic N) is 1. The Morgan fingerprint density at radius 2 is 2.00 bits per heavy atom. The molecule has 1 aromatic carbocycles. The van der Waals surface area contributed by atoms with Gasteiger partial charge in [0.1, 0.15) is 11.8 Å². The zero-order valence-electron chi connectivity index (χ0n) is 9.73. The molecule has 1 aromatic rings. The summed E-state index contributed by atoms with van der Waals surface area (Å²) in [6.07, 6.45) is 5.44. The highest BCUT2D eigenvalue weighted by Gasteiger charge is 2.16. The first-order chi connectivity index (χ1) is 7.60. The second-order valence-corrected chi connectivity index (χ2v) is 3.47. The van der Waals surface area contributed by atoms with Gasteiger partial charge < -0.3 is 9.64 Å². The van der Waals surface area contributed by atoms with Crippen LogP contribution >= 0.6 is 0 Å². The summed E-state index contributed by atoms with van der Waals surface area (Å²) < 4.78 is 5.06. The molecule has 0 saturated carbocycles. The molecule has 3 heteroatoms. The van der Waals surface area contributed by atoms with Crippen LogP contribution in [0.3, 0.4) is 0 Å². The van der Waals surface area contributed by atoms with Crippen molar-refractivity contribution in [3.8, 4) is 18.1 Å². The van der Waals surface area contributed by atoms with Crippen LogP contribution in [-0.4, -0.2) is 25.0 Å². The van der Waals surface area contributed by atoms with Gasteiger partial charge >= 0.3 is 0 Å². The quantitative estimate of drug-likeness (QED) is 0.723. The molecule has 0 aromatic heterocycles.